The van der Waals surface area contributed by atoms with Gasteiger partial charge in [-0.1, -0.05) is 12.1 Å². The van der Waals surface area contributed by atoms with Gasteiger partial charge in [-0.25, -0.2) is 0 Å². The maximum Gasteiger partial charge on any atom is 0.185 e. The van der Waals surface area contributed by atoms with Crippen molar-refractivity contribution in [3.63, 3.8) is 0 Å². The van der Waals surface area contributed by atoms with Gasteiger partial charge in [0.25, 0.3) is 0 Å². The fourth-order valence-corrected chi connectivity index (χ4v) is 2.49. The molecule has 3 nitrogen and oxygen atoms in total. The van der Waals surface area contributed by atoms with E-state index in [9.17, 15) is 4.79 Å². The average Bonchev–Trinajstić information content (AvgIpc) is 3.03. The number of aromatic nitrogens is 1. The fraction of sp³-hybridized carbons (Fsp3) is 0.188. The summed E-state index contributed by atoms with van der Waals surface area (Å²) in [4.78, 5) is 11.9. The Balaban J connectivity index is 2.06. The van der Waals surface area contributed by atoms with E-state index in [1.807, 2.05) is 47.2 Å². The molecule has 0 saturated carbocycles. The standard InChI is InChI=1S/C16H15NO2/c1-11(12-5-7-13(19-2)8-6-12)15-10-16(18)14-4-3-9-17(14)15/h3-9H,10H2,1-2H3/b15-11-. The predicted octanol–water partition coefficient (Wildman–Crippen LogP) is 3.47. The molecule has 0 atom stereocenters. The van der Waals surface area contributed by atoms with Crippen molar-refractivity contribution in [3.05, 3.63) is 53.9 Å². The van der Waals surface area contributed by atoms with E-state index in [1.54, 1.807) is 7.11 Å². The van der Waals surface area contributed by atoms with Crippen LogP contribution in [0.4, 0.5) is 0 Å². The molecule has 3 rings (SSSR count). The topological polar surface area (TPSA) is 31.2 Å². The van der Waals surface area contributed by atoms with Crippen LogP contribution in [0.3, 0.4) is 0 Å². The lowest BCUT2D eigenvalue weighted by Crippen LogP contribution is -1.93. The minimum absolute atomic E-state index is 0.188. The van der Waals surface area contributed by atoms with Crippen molar-refractivity contribution in [2.24, 2.45) is 0 Å². The van der Waals surface area contributed by atoms with Crippen LogP contribution in [0.2, 0.25) is 0 Å². The number of hydrogen-bond acceptors (Lipinski definition) is 2. The number of carbonyl (C=O) groups excluding carboxylic acids is 1. The first-order chi connectivity index (χ1) is 9.20. The number of ether oxygens (including phenoxy) is 1. The predicted molar refractivity (Wildman–Crippen MR) is 75.2 cm³/mol. The summed E-state index contributed by atoms with van der Waals surface area (Å²) >= 11 is 0. The molecule has 0 amide bonds. The van der Waals surface area contributed by atoms with Crippen LogP contribution in [0.1, 0.15) is 29.4 Å². The molecule has 0 unspecified atom stereocenters. The molecule has 0 aliphatic carbocycles. The Morgan fingerprint density at radius 3 is 2.63 bits per heavy atom. The van der Waals surface area contributed by atoms with E-state index in [-0.39, 0.29) is 5.78 Å². The highest BCUT2D eigenvalue weighted by Crippen LogP contribution is 2.32. The molecule has 3 heteroatoms. The van der Waals surface area contributed by atoms with Crippen LogP contribution in [0.25, 0.3) is 11.3 Å². The Kier molecular flexibility index (Phi) is 2.75. The van der Waals surface area contributed by atoms with E-state index in [2.05, 4.69) is 6.92 Å². The number of nitrogens with zero attached hydrogens (tertiary/aromatic N) is 1. The number of hydrogen-bond donors (Lipinski definition) is 0. The van der Waals surface area contributed by atoms with Crippen molar-refractivity contribution in [3.8, 4) is 5.75 Å². The van der Waals surface area contributed by atoms with Gasteiger partial charge in [0.15, 0.2) is 5.78 Å². The molecule has 0 spiro atoms. The van der Waals surface area contributed by atoms with Gasteiger partial charge < -0.3 is 9.30 Å². The van der Waals surface area contributed by atoms with Crippen molar-refractivity contribution >= 4 is 17.1 Å². The zero-order valence-electron chi connectivity index (χ0n) is 11.0. The molecule has 0 saturated heterocycles. The summed E-state index contributed by atoms with van der Waals surface area (Å²) in [5.74, 6) is 1.03. The van der Waals surface area contributed by atoms with Crippen molar-refractivity contribution in [2.75, 3.05) is 7.11 Å². The van der Waals surface area contributed by atoms with Gasteiger partial charge in [0.05, 0.1) is 19.2 Å². The Morgan fingerprint density at radius 1 is 1.21 bits per heavy atom. The third-order valence-corrected chi connectivity index (χ3v) is 3.61. The van der Waals surface area contributed by atoms with E-state index in [1.165, 1.54) is 0 Å². The molecule has 0 bridgehead atoms. The van der Waals surface area contributed by atoms with E-state index < -0.39 is 0 Å². The number of rotatable bonds is 2. The second-order valence-electron chi connectivity index (χ2n) is 4.66. The molecular weight excluding hydrogens is 238 g/mol. The van der Waals surface area contributed by atoms with Crippen molar-refractivity contribution in [1.82, 2.24) is 4.57 Å². The largest absolute Gasteiger partial charge is 0.497 e. The molecule has 1 aliphatic heterocycles. The van der Waals surface area contributed by atoms with Crippen LogP contribution < -0.4 is 4.74 Å². The Labute approximate surface area is 112 Å². The quantitative estimate of drug-likeness (QED) is 0.820. The number of ketones is 1. The van der Waals surface area contributed by atoms with Gasteiger partial charge in [0, 0.05) is 11.9 Å². The average molecular weight is 253 g/mol. The summed E-state index contributed by atoms with van der Waals surface area (Å²) in [5.41, 5.74) is 4.09. The van der Waals surface area contributed by atoms with Crippen LogP contribution in [-0.2, 0) is 0 Å². The van der Waals surface area contributed by atoms with Gasteiger partial charge in [-0.15, -0.1) is 0 Å². The third kappa shape index (κ3) is 1.87. The van der Waals surface area contributed by atoms with Gasteiger partial charge in [-0.2, -0.15) is 0 Å². The summed E-state index contributed by atoms with van der Waals surface area (Å²) in [6.07, 6.45) is 2.43. The lowest BCUT2D eigenvalue weighted by molar-refractivity contribution is 0.100. The van der Waals surface area contributed by atoms with E-state index in [4.69, 9.17) is 4.74 Å². The van der Waals surface area contributed by atoms with E-state index >= 15 is 0 Å². The van der Waals surface area contributed by atoms with Gasteiger partial charge in [0.1, 0.15) is 5.75 Å². The number of carbonyl (C=O) groups is 1. The van der Waals surface area contributed by atoms with Gasteiger partial charge in [-0.05, 0) is 42.3 Å². The maximum atomic E-state index is 11.9. The first kappa shape index (κ1) is 11.8. The van der Waals surface area contributed by atoms with Gasteiger partial charge in [-0.3, -0.25) is 4.79 Å². The number of allylic oxidation sites excluding steroid dienone is 2. The highest BCUT2D eigenvalue weighted by Gasteiger charge is 2.24. The second-order valence-corrected chi connectivity index (χ2v) is 4.66. The van der Waals surface area contributed by atoms with Gasteiger partial charge >= 0.3 is 0 Å². The minimum Gasteiger partial charge on any atom is -0.497 e. The normalized spacial score (nSPS) is 16.4. The van der Waals surface area contributed by atoms with Crippen LogP contribution in [0, 0.1) is 0 Å². The molecule has 0 fully saturated rings. The Bertz CT molecular complexity index is 662. The van der Waals surface area contributed by atoms with Crippen molar-refractivity contribution in [1.29, 1.82) is 0 Å². The van der Waals surface area contributed by atoms with Crippen LogP contribution >= 0.6 is 0 Å². The number of benzene rings is 1. The molecule has 0 radical (unpaired) electrons. The summed E-state index contributed by atoms with van der Waals surface area (Å²) in [6.45, 7) is 2.06. The molecule has 19 heavy (non-hydrogen) atoms. The van der Waals surface area contributed by atoms with Crippen LogP contribution in [0.15, 0.2) is 42.6 Å². The van der Waals surface area contributed by atoms with Crippen molar-refractivity contribution < 1.29 is 9.53 Å². The first-order valence-corrected chi connectivity index (χ1v) is 6.26. The van der Waals surface area contributed by atoms with Crippen molar-refractivity contribution in [2.45, 2.75) is 13.3 Å². The number of fused-ring (bicyclic) bond motifs is 1. The number of Topliss-reactive ketones (excluding diaryl/α,β-unsaturated/α-hetero) is 1. The van der Waals surface area contributed by atoms with Crippen LogP contribution in [0.5, 0.6) is 5.75 Å². The SMILES string of the molecule is COc1ccc(/C(C)=C2/CC(=O)c3cccn32)cc1. The zero-order chi connectivity index (χ0) is 13.4. The molecule has 2 aromatic rings. The molecule has 0 N–H and O–H groups in total. The fourth-order valence-electron chi connectivity index (χ4n) is 2.49. The van der Waals surface area contributed by atoms with Gasteiger partial charge in [0.2, 0.25) is 0 Å². The zero-order valence-corrected chi connectivity index (χ0v) is 11.0. The number of methoxy groups -OCH3 is 1. The van der Waals surface area contributed by atoms with Crippen LogP contribution in [-0.4, -0.2) is 17.5 Å². The highest BCUT2D eigenvalue weighted by molar-refractivity contribution is 6.08. The molecule has 1 aliphatic rings. The smallest absolute Gasteiger partial charge is 0.185 e. The first-order valence-electron chi connectivity index (χ1n) is 6.26. The Morgan fingerprint density at radius 2 is 1.95 bits per heavy atom. The third-order valence-electron chi connectivity index (χ3n) is 3.61. The molecule has 1 aromatic carbocycles. The summed E-state index contributed by atoms with van der Waals surface area (Å²) in [5, 5.41) is 0. The van der Waals surface area contributed by atoms with E-state index in [0.717, 1.165) is 28.3 Å². The summed E-state index contributed by atoms with van der Waals surface area (Å²) in [6, 6.07) is 11.7. The molecule has 1 aromatic heterocycles. The highest BCUT2D eigenvalue weighted by atomic mass is 16.5. The monoisotopic (exact) mass is 253 g/mol. The van der Waals surface area contributed by atoms with E-state index in [0.29, 0.717) is 6.42 Å². The molecule has 96 valence electrons. The maximum absolute atomic E-state index is 11.9. The second kappa shape index (κ2) is 4.43. The molecule has 2 heterocycles. The summed E-state index contributed by atoms with van der Waals surface area (Å²) in [7, 11) is 1.65. The minimum atomic E-state index is 0.188. The lowest BCUT2D eigenvalue weighted by Gasteiger charge is -2.09. The Hall–Kier alpha value is -2.29. The lowest BCUT2D eigenvalue weighted by atomic mass is 10.0. The summed E-state index contributed by atoms with van der Waals surface area (Å²) < 4.78 is 7.15. The molecular formula is C16H15NO2.